The highest BCUT2D eigenvalue weighted by Crippen LogP contribution is 2.16. The molecule has 0 radical (unpaired) electrons. The lowest BCUT2D eigenvalue weighted by Crippen LogP contribution is -1.87. The summed E-state index contributed by atoms with van der Waals surface area (Å²) in [5.41, 5.74) is 1.70. The Hall–Kier alpha value is -2.01. The molecule has 0 aliphatic rings. The van der Waals surface area contributed by atoms with Crippen LogP contribution in [0, 0.1) is 6.57 Å². The molecule has 0 unspecified atom stereocenters. The first-order chi connectivity index (χ1) is 6.40. The number of nitrogens with zero attached hydrogens (tertiary/aromatic N) is 2. The quantitative estimate of drug-likeness (QED) is 0.579. The summed E-state index contributed by atoms with van der Waals surface area (Å²) in [6.07, 6.45) is 3.92. The van der Waals surface area contributed by atoms with E-state index < -0.39 is 0 Å². The first-order valence-electron chi connectivity index (χ1n) is 4.01. The Balaban J connectivity index is 2.49. The average Bonchev–Trinajstić information content (AvgIpc) is 2.71. The van der Waals surface area contributed by atoms with E-state index in [0.29, 0.717) is 5.69 Å². The van der Waals surface area contributed by atoms with Crippen LogP contribution >= 0.6 is 0 Å². The van der Waals surface area contributed by atoms with E-state index in [-0.39, 0.29) is 0 Å². The van der Waals surface area contributed by atoms with Gasteiger partial charge in [-0.25, -0.2) is 4.85 Å². The average molecular weight is 168 g/mol. The van der Waals surface area contributed by atoms with Gasteiger partial charge in [0.25, 0.3) is 0 Å². The molecule has 0 aliphatic carbocycles. The molecular weight excluding hydrogens is 160 g/mol. The monoisotopic (exact) mass is 168 g/mol. The molecule has 1 aromatic heterocycles. The lowest BCUT2D eigenvalue weighted by Gasteiger charge is -2.01. The van der Waals surface area contributed by atoms with Crippen molar-refractivity contribution in [1.29, 1.82) is 0 Å². The molecule has 0 spiro atoms. The highest BCUT2D eigenvalue weighted by atomic mass is 14.9. The maximum atomic E-state index is 6.88. The highest BCUT2D eigenvalue weighted by Gasteiger charge is 1.95. The minimum absolute atomic E-state index is 0.672. The molecule has 0 amide bonds. The Kier molecular flexibility index (Phi) is 1.85. The SMILES string of the molecule is [C-]#[N+]c1cccc(-n2cccc2)c1. The van der Waals surface area contributed by atoms with E-state index in [1.54, 1.807) is 6.07 Å². The van der Waals surface area contributed by atoms with Crippen LogP contribution in [0.25, 0.3) is 10.5 Å². The Morgan fingerprint density at radius 1 is 1.08 bits per heavy atom. The maximum absolute atomic E-state index is 6.88. The lowest BCUT2D eigenvalue weighted by molar-refractivity contribution is 1.08. The summed E-state index contributed by atoms with van der Waals surface area (Å²) >= 11 is 0. The summed E-state index contributed by atoms with van der Waals surface area (Å²) in [6, 6.07) is 11.5. The molecule has 13 heavy (non-hydrogen) atoms. The fourth-order valence-corrected chi connectivity index (χ4v) is 1.23. The minimum Gasteiger partial charge on any atom is -0.325 e. The van der Waals surface area contributed by atoms with Crippen molar-refractivity contribution in [2.75, 3.05) is 0 Å². The molecule has 0 bridgehead atoms. The van der Waals surface area contributed by atoms with Crippen LogP contribution in [0.3, 0.4) is 0 Å². The Morgan fingerprint density at radius 3 is 2.54 bits per heavy atom. The number of rotatable bonds is 1. The van der Waals surface area contributed by atoms with Crippen LogP contribution in [0.5, 0.6) is 0 Å². The fraction of sp³-hybridized carbons (Fsp3) is 0. The van der Waals surface area contributed by atoms with Gasteiger partial charge in [-0.1, -0.05) is 12.1 Å². The topological polar surface area (TPSA) is 9.29 Å². The van der Waals surface area contributed by atoms with Crippen molar-refractivity contribution in [2.45, 2.75) is 0 Å². The molecule has 0 atom stereocenters. The molecule has 62 valence electrons. The number of hydrogen-bond donors (Lipinski definition) is 0. The molecular formula is C11H8N2. The number of aromatic nitrogens is 1. The van der Waals surface area contributed by atoms with Crippen LogP contribution in [-0.2, 0) is 0 Å². The van der Waals surface area contributed by atoms with Crippen molar-refractivity contribution in [3.05, 3.63) is 60.2 Å². The van der Waals surface area contributed by atoms with Crippen molar-refractivity contribution in [2.24, 2.45) is 0 Å². The largest absolute Gasteiger partial charge is 0.325 e. The van der Waals surface area contributed by atoms with Gasteiger partial charge in [-0.15, -0.1) is 0 Å². The second-order valence-corrected chi connectivity index (χ2v) is 2.72. The van der Waals surface area contributed by atoms with Gasteiger partial charge in [0.2, 0.25) is 0 Å². The molecule has 0 saturated heterocycles. The minimum atomic E-state index is 0.672. The van der Waals surface area contributed by atoms with E-state index >= 15 is 0 Å². The zero-order valence-corrected chi connectivity index (χ0v) is 7.01. The summed E-state index contributed by atoms with van der Waals surface area (Å²) in [5.74, 6) is 0. The molecule has 2 aromatic rings. The third-order valence-electron chi connectivity index (χ3n) is 1.86. The molecule has 1 heterocycles. The highest BCUT2D eigenvalue weighted by molar-refractivity contribution is 5.51. The molecule has 0 N–H and O–H groups in total. The van der Waals surface area contributed by atoms with E-state index in [9.17, 15) is 0 Å². The predicted octanol–water partition coefficient (Wildman–Crippen LogP) is 3.03. The Morgan fingerprint density at radius 2 is 1.85 bits per heavy atom. The van der Waals surface area contributed by atoms with Crippen molar-refractivity contribution < 1.29 is 0 Å². The molecule has 2 nitrogen and oxygen atoms in total. The van der Waals surface area contributed by atoms with Gasteiger partial charge in [0.15, 0.2) is 5.69 Å². The van der Waals surface area contributed by atoms with Gasteiger partial charge in [-0.3, -0.25) is 0 Å². The van der Waals surface area contributed by atoms with Crippen LogP contribution < -0.4 is 0 Å². The fourth-order valence-electron chi connectivity index (χ4n) is 1.23. The van der Waals surface area contributed by atoms with E-state index in [2.05, 4.69) is 4.85 Å². The zero-order chi connectivity index (χ0) is 9.10. The molecule has 2 heteroatoms. The molecule has 2 rings (SSSR count). The first kappa shape index (κ1) is 7.63. The van der Waals surface area contributed by atoms with Gasteiger partial charge in [0, 0.05) is 18.1 Å². The third-order valence-corrected chi connectivity index (χ3v) is 1.86. The van der Waals surface area contributed by atoms with E-state index in [1.165, 1.54) is 0 Å². The molecule has 0 saturated carbocycles. The Labute approximate surface area is 76.9 Å². The van der Waals surface area contributed by atoms with Gasteiger partial charge < -0.3 is 4.57 Å². The van der Waals surface area contributed by atoms with Gasteiger partial charge >= 0.3 is 0 Å². The third kappa shape index (κ3) is 1.45. The molecule has 0 aliphatic heterocycles. The van der Waals surface area contributed by atoms with E-state index in [4.69, 9.17) is 6.57 Å². The second-order valence-electron chi connectivity index (χ2n) is 2.72. The zero-order valence-electron chi connectivity index (χ0n) is 7.01. The van der Waals surface area contributed by atoms with Crippen LogP contribution in [0.2, 0.25) is 0 Å². The predicted molar refractivity (Wildman–Crippen MR) is 52.0 cm³/mol. The Bertz CT molecular complexity index is 435. The standard InChI is InChI=1S/C11H8N2/c1-12-10-5-4-6-11(9-10)13-7-2-3-8-13/h2-9H. The maximum Gasteiger partial charge on any atom is 0.189 e. The smallest absolute Gasteiger partial charge is 0.189 e. The van der Waals surface area contributed by atoms with Crippen LogP contribution in [0.1, 0.15) is 0 Å². The van der Waals surface area contributed by atoms with Crippen molar-refractivity contribution in [1.82, 2.24) is 4.57 Å². The molecule has 1 aromatic carbocycles. The number of benzene rings is 1. The van der Waals surface area contributed by atoms with Crippen molar-refractivity contribution >= 4 is 5.69 Å². The normalized spacial score (nSPS) is 9.46. The second kappa shape index (κ2) is 3.16. The van der Waals surface area contributed by atoms with Crippen molar-refractivity contribution in [3.8, 4) is 5.69 Å². The lowest BCUT2D eigenvalue weighted by atomic mass is 10.3. The van der Waals surface area contributed by atoms with Crippen LogP contribution in [-0.4, -0.2) is 4.57 Å². The van der Waals surface area contributed by atoms with Gasteiger partial charge in [-0.05, 0) is 24.3 Å². The first-order valence-corrected chi connectivity index (χ1v) is 4.01. The molecule has 0 fully saturated rings. The van der Waals surface area contributed by atoms with E-state index in [0.717, 1.165) is 5.69 Å². The van der Waals surface area contributed by atoms with Crippen LogP contribution in [0.15, 0.2) is 48.8 Å². The van der Waals surface area contributed by atoms with E-state index in [1.807, 2.05) is 47.3 Å². The summed E-state index contributed by atoms with van der Waals surface area (Å²) in [4.78, 5) is 3.38. The van der Waals surface area contributed by atoms with Gasteiger partial charge in [0.05, 0.1) is 6.57 Å². The summed E-state index contributed by atoms with van der Waals surface area (Å²) in [5, 5.41) is 0. The van der Waals surface area contributed by atoms with Gasteiger partial charge in [0.1, 0.15) is 0 Å². The summed E-state index contributed by atoms with van der Waals surface area (Å²) < 4.78 is 1.98. The number of hydrogen-bond acceptors (Lipinski definition) is 0. The summed E-state index contributed by atoms with van der Waals surface area (Å²) in [6.45, 7) is 6.88. The van der Waals surface area contributed by atoms with Crippen LogP contribution in [0.4, 0.5) is 5.69 Å². The van der Waals surface area contributed by atoms with Crippen molar-refractivity contribution in [3.63, 3.8) is 0 Å². The summed E-state index contributed by atoms with van der Waals surface area (Å²) in [7, 11) is 0. The van der Waals surface area contributed by atoms with Gasteiger partial charge in [-0.2, -0.15) is 0 Å².